The van der Waals surface area contributed by atoms with E-state index in [0.717, 1.165) is 12.1 Å². The van der Waals surface area contributed by atoms with Crippen molar-refractivity contribution in [2.24, 2.45) is 0 Å². The number of nitrogens with one attached hydrogen (secondary N) is 1. The highest BCUT2D eigenvalue weighted by Crippen LogP contribution is 2.31. The standard InChI is InChI=1S/C19H15Cl2FN2O4S2/c20-13-7-8-17(29(25,26)11-12-3-1-4-14(23)9-12)16(10-13)24-30(27,28)18-6-2-5-15(21)19(18)22/h1-10,24H,11,23H2. The predicted molar refractivity (Wildman–Crippen MR) is 115 cm³/mol. The Labute approximate surface area is 183 Å². The highest BCUT2D eigenvalue weighted by Gasteiger charge is 2.26. The summed E-state index contributed by atoms with van der Waals surface area (Å²) in [5.41, 5.74) is 6.18. The summed E-state index contributed by atoms with van der Waals surface area (Å²) in [6.07, 6.45) is 0. The second-order valence-electron chi connectivity index (χ2n) is 6.30. The summed E-state index contributed by atoms with van der Waals surface area (Å²) >= 11 is 11.6. The third-order valence-electron chi connectivity index (χ3n) is 4.03. The summed E-state index contributed by atoms with van der Waals surface area (Å²) in [6, 6.07) is 13.4. The molecule has 0 amide bonds. The monoisotopic (exact) mass is 488 g/mol. The zero-order valence-electron chi connectivity index (χ0n) is 15.1. The average molecular weight is 489 g/mol. The van der Waals surface area contributed by atoms with Crippen LogP contribution in [0.5, 0.6) is 0 Å². The van der Waals surface area contributed by atoms with E-state index < -0.39 is 41.3 Å². The zero-order valence-corrected chi connectivity index (χ0v) is 18.3. The van der Waals surface area contributed by atoms with Crippen LogP contribution in [-0.2, 0) is 25.6 Å². The van der Waals surface area contributed by atoms with Crippen molar-refractivity contribution in [1.82, 2.24) is 0 Å². The van der Waals surface area contributed by atoms with E-state index >= 15 is 0 Å². The van der Waals surface area contributed by atoms with Crippen molar-refractivity contribution in [2.45, 2.75) is 15.5 Å². The van der Waals surface area contributed by atoms with Gasteiger partial charge in [-0.1, -0.05) is 41.4 Å². The Morgan fingerprint density at radius 2 is 1.60 bits per heavy atom. The van der Waals surface area contributed by atoms with E-state index in [-0.39, 0.29) is 15.6 Å². The third-order valence-corrected chi connectivity index (χ3v) is 7.68. The summed E-state index contributed by atoms with van der Waals surface area (Å²) in [5.74, 6) is -1.59. The van der Waals surface area contributed by atoms with Crippen molar-refractivity contribution < 1.29 is 21.2 Å². The fourth-order valence-electron chi connectivity index (χ4n) is 2.72. The Balaban J connectivity index is 2.04. The van der Waals surface area contributed by atoms with Gasteiger partial charge in [-0.3, -0.25) is 4.72 Å². The molecular weight excluding hydrogens is 474 g/mol. The molecule has 0 aliphatic rings. The van der Waals surface area contributed by atoms with E-state index in [1.807, 2.05) is 0 Å². The lowest BCUT2D eigenvalue weighted by Gasteiger charge is -2.14. The summed E-state index contributed by atoms with van der Waals surface area (Å²) in [5, 5.41) is -0.305. The van der Waals surface area contributed by atoms with Crippen molar-refractivity contribution in [3.05, 3.63) is 82.1 Å². The SMILES string of the molecule is Nc1cccc(CS(=O)(=O)c2ccc(Cl)cc2NS(=O)(=O)c2cccc(Cl)c2F)c1. The molecule has 3 aromatic carbocycles. The molecule has 0 spiro atoms. The van der Waals surface area contributed by atoms with Gasteiger partial charge in [0.25, 0.3) is 10.0 Å². The highest BCUT2D eigenvalue weighted by molar-refractivity contribution is 7.93. The first kappa shape index (κ1) is 22.4. The molecule has 0 radical (unpaired) electrons. The lowest BCUT2D eigenvalue weighted by atomic mass is 10.2. The van der Waals surface area contributed by atoms with E-state index in [9.17, 15) is 21.2 Å². The van der Waals surface area contributed by atoms with Crippen molar-refractivity contribution in [1.29, 1.82) is 0 Å². The number of hydrogen-bond donors (Lipinski definition) is 2. The highest BCUT2D eigenvalue weighted by atomic mass is 35.5. The fraction of sp³-hybridized carbons (Fsp3) is 0.0526. The van der Waals surface area contributed by atoms with Gasteiger partial charge < -0.3 is 5.73 Å². The molecular formula is C19H15Cl2FN2O4S2. The number of sulfone groups is 1. The van der Waals surface area contributed by atoms with Crippen LogP contribution in [0.25, 0.3) is 0 Å². The van der Waals surface area contributed by atoms with Gasteiger partial charge in [-0.25, -0.2) is 21.2 Å². The average Bonchev–Trinajstić information content (AvgIpc) is 2.63. The molecule has 0 atom stereocenters. The van der Waals surface area contributed by atoms with Gasteiger partial charge in [0.2, 0.25) is 0 Å². The lowest BCUT2D eigenvalue weighted by Crippen LogP contribution is -2.17. The van der Waals surface area contributed by atoms with Gasteiger partial charge in [0, 0.05) is 10.7 Å². The fourth-order valence-corrected chi connectivity index (χ4v) is 5.86. The van der Waals surface area contributed by atoms with Crippen LogP contribution in [0.15, 0.2) is 70.5 Å². The smallest absolute Gasteiger partial charge is 0.264 e. The van der Waals surface area contributed by atoms with Gasteiger partial charge >= 0.3 is 0 Å². The van der Waals surface area contributed by atoms with Crippen LogP contribution in [0.3, 0.4) is 0 Å². The maximum Gasteiger partial charge on any atom is 0.264 e. The van der Waals surface area contributed by atoms with Gasteiger partial charge in [0.05, 0.1) is 21.4 Å². The first-order valence-electron chi connectivity index (χ1n) is 8.33. The Morgan fingerprint density at radius 1 is 0.900 bits per heavy atom. The Hall–Kier alpha value is -2.33. The van der Waals surface area contributed by atoms with Crippen molar-refractivity contribution >= 4 is 54.4 Å². The molecule has 0 aromatic heterocycles. The van der Waals surface area contributed by atoms with Crippen LogP contribution >= 0.6 is 23.2 Å². The number of sulfonamides is 1. The summed E-state index contributed by atoms with van der Waals surface area (Å²) in [4.78, 5) is -1.05. The van der Waals surface area contributed by atoms with Gasteiger partial charge in [-0.15, -0.1) is 0 Å². The number of benzene rings is 3. The van der Waals surface area contributed by atoms with E-state index in [0.29, 0.717) is 11.3 Å². The molecule has 0 fully saturated rings. The Morgan fingerprint density at radius 3 is 2.30 bits per heavy atom. The molecule has 0 aliphatic carbocycles. The maximum atomic E-state index is 14.2. The largest absolute Gasteiger partial charge is 0.399 e. The topological polar surface area (TPSA) is 106 Å². The van der Waals surface area contributed by atoms with Crippen LogP contribution in [-0.4, -0.2) is 16.8 Å². The van der Waals surface area contributed by atoms with Crippen molar-refractivity contribution in [3.8, 4) is 0 Å². The molecule has 3 rings (SSSR count). The Bertz CT molecular complexity index is 1330. The molecule has 6 nitrogen and oxygen atoms in total. The van der Waals surface area contributed by atoms with Gasteiger partial charge in [-0.05, 0) is 48.0 Å². The van der Waals surface area contributed by atoms with Crippen LogP contribution in [0.1, 0.15) is 5.56 Å². The molecule has 11 heteroatoms. The van der Waals surface area contributed by atoms with E-state index in [1.165, 1.54) is 30.3 Å². The molecule has 30 heavy (non-hydrogen) atoms. The molecule has 0 unspecified atom stereocenters. The minimum Gasteiger partial charge on any atom is -0.399 e. The third kappa shape index (κ3) is 4.86. The summed E-state index contributed by atoms with van der Waals surface area (Å²) in [6.45, 7) is 0. The predicted octanol–water partition coefficient (Wildman–Crippen LogP) is 4.49. The van der Waals surface area contributed by atoms with Crippen LogP contribution < -0.4 is 10.5 Å². The second kappa shape index (κ2) is 8.43. The summed E-state index contributed by atoms with van der Waals surface area (Å²) in [7, 11) is -8.51. The van der Waals surface area contributed by atoms with Crippen molar-refractivity contribution in [3.63, 3.8) is 0 Å². The number of halogens is 3. The second-order valence-corrected chi connectivity index (χ2v) is 10.8. The first-order valence-corrected chi connectivity index (χ1v) is 12.2. The first-order chi connectivity index (χ1) is 14.0. The molecule has 3 aromatic rings. The van der Waals surface area contributed by atoms with Crippen LogP contribution in [0.2, 0.25) is 10.0 Å². The number of nitrogens with two attached hydrogens (primary N) is 1. The number of hydrogen-bond acceptors (Lipinski definition) is 5. The maximum absolute atomic E-state index is 14.2. The molecule has 0 saturated heterocycles. The van der Waals surface area contributed by atoms with Gasteiger partial charge in [0.15, 0.2) is 15.7 Å². The van der Waals surface area contributed by atoms with E-state index in [1.54, 1.807) is 18.2 Å². The molecule has 0 heterocycles. The van der Waals surface area contributed by atoms with E-state index in [2.05, 4.69) is 4.72 Å². The number of rotatable bonds is 6. The molecule has 0 bridgehead atoms. The minimum atomic E-state index is -4.50. The lowest BCUT2D eigenvalue weighted by molar-refractivity contribution is 0.570. The van der Waals surface area contributed by atoms with Gasteiger partial charge in [0.1, 0.15) is 4.90 Å². The minimum absolute atomic E-state index is 0.0853. The van der Waals surface area contributed by atoms with Gasteiger partial charge in [-0.2, -0.15) is 0 Å². The van der Waals surface area contributed by atoms with E-state index in [4.69, 9.17) is 28.9 Å². The molecule has 3 N–H and O–H groups in total. The van der Waals surface area contributed by atoms with Crippen molar-refractivity contribution in [2.75, 3.05) is 10.5 Å². The zero-order chi connectivity index (χ0) is 22.1. The molecule has 158 valence electrons. The number of anilines is 2. The Kier molecular flexibility index (Phi) is 6.28. The van der Waals surface area contributed by atoms with Crippen LogP contribution in [0.4, 0.5) is 15.8 Å². The number of nitrogen functional groups attached to an aromatic ring is 1. The normalized spacial score (nSPS) is 12.0. The van der Waals surface area contributed by atoms with Crippen LogP contribution in [0, 0.1) is 5.82 Å². The molecule has 0 saturated carbocycles. The quantitative estimate of drug-likeness (QED) is 0.497. The molecule has 0 aliphatic heterocycles. The summed E-state index contributed by atoms with van der Waals surface area (Å²) < 4.78 is 67.7.